The highest BCUT2D eigenvalue weighted by Gasteiger charge is 2.30. The van der Waals surface area contributed by atoms with Crippen LogP contribution in [0.15, 0.2) is 0 Å². The van der Waals surface area contributed by atoms with Gasteiger partial charge < -0.3 is 5.32 Å². The molecule has 0 bridgehead atoms. The summed E-state index contributed by atoms with van der Waals surface area (Å²) >= 11 is 0. The lowest BCUT2D eigenvalue weighted by atomic mass is 9.83. The first-order valence-corrected chi connectivity index (χ1v) is 7.56. The average molecular weight is 280 g/mol. The molecule has 0 radical (unpaired) electrons. The van der Waals surface area contributed by atoms with Crippen molar-refractivity contribution < 1.29 is 4.92 Å². The molecule has 0 amide bonds. The van der Waals surface area contributed by atoms with Crippen LogP contribution in [-0.2, 0) is 6.54 Å². The lowest BCUT2D eigenvalue weighted by Gasteiger charge is -2.32. The molecule has 2 unspecified atom stereocenters. The molecule has 2 rings (SSSR count). The molecule has 6 nitrogen and oxygen atoms in total. The fourth-order valence-electron chi connectivity index (χ4n) is 3.22. The number of aryl methyl sites for hydroxylation is 2. The third kappa shape index (κ3) is 2.78. The lowest BCUT2D eigenvalue weighted by molar-refractivity contribution is -0.384. The molecule has 0 spiro atoms. The minimum absolute atomic E-state index is 0.132. The molecule has 20 heavy (non-hydrogen) atoms. The second-order valence-corrected chi connectivity index (χ2v) is 5.56. The van der Waals surface area contributed by atoms with Crippen LogP contribution in [0.3, 0.4) is 0 Å². The number of nitrogens with one attached hydrogen (secondary N) is 1. The molecular formula is C14H24N4O2. The predicted octanol–water partition coefficient (Wildman–Crippen LogP) is 3.50. The molecule has 1 fully saturated rings. The van der Waals surface area contributed by atoms with Crippen LogP contribution in [0.25, 0.3) is 0 Å². The fourth-order valence-corrected chi connectivity index (χ4v) is 3.22. The molecule has 1 aromatic rings. The van der Waals surface area contributed by atoms with Crippen molar-refractivity contribution in [3.8, 4) is 0 Å². The van der Waals surface area contributed by atoms with E-state index in [9.17, 15) is 10.1 Å². The number of nitro groups is 1. The van der Waals surface area contributed by atoms with Crippen molar-refractivity contribution in [3.63, 3.8) is 0 Å². The van der Waals surface area contributed by atoms with Gasteiger partial charge in [-0.05, 0) is 32.6 Å². The minimum atomic E-state index is -0.319. The summed E-state index contributed by atoms with van der Waals surface area (Å²) in [6, 6.07) is 0.328. The van der Waals surface area contributed by atoms with E-state index in [0.717, 1.165) is 12.8 Å². The molecule has 6 heteroatoms. The highest BCUT2D eigenvalue weighted by atomic mass is 16.6. The van der Waals surface area contributed by atoms with Gasteiger partial charge in [0.05, 0.1) is 4.92 Å². The van der Waals surface area contributed by atoms with Gasteiger partial charge >= 0.3 is 5.69 Å². The van der Waals surface area contributed by atoms with E-state index < -0.39 is 0 Å². The topological polar surface area (TPSA) is 73.0 Å². The van der Waals surface area contributed by atoms with Crippen molar-refractivity contribution in [1.82, 2.24) is 9.78 Å². The van der Waals surface area contributed by atoms with E-state index in [4.69, 9.17) is 0 Å². The summed E-state index contributed by atoms with van der Waals surface area (Å²) in [7, 11) is 0. The van der Waals surface area contributed by atoms with Gasteiger partial charge in [-0.3, -0.25) is 10.1 Å². The number of hydrogen-bond acceptors (Lipinski definition) is 4. The zero-order chi connectivity index (χ0) is 14.7. The monoisotopic (exact) mass is 280 g/mol. The highest BCUT2D eigenvalue weighted by Crippen LogP contribution is 2.34. The van der Waals surface area contributed by atoms with Crippen molar-refractivity contribution >= 4 is 11.5 Å². The Morgan fingerprint density at radius 1 is 1.40 bits per heavy atom. The molecule has 0 saturated heterocycles. The Morgan fingerprint density at radius 3 is 2.70 bits per heavy atom. The standard InChI is InChI=1S/C14H24N4O2/c1-4-11-8-6-7-9-12(11)15-14-13(18(19)20)10(3)16-17(14)5-2/h11-12,15H,4-9H2,1-3H3. The first-order valence-electron chi connectivity index (χ1n) is 7.56. The van der Waals surface area contributed by atoms with Gasteiger partial charge in [-0.2, -0.15) is 5.10 Å². The lowest BCUT2D eigenvalue weighted by Crippen LogP contribution is -2.32. The van der Waals surface area contributed by atoms with Crippen molar-refractivity contribution in [3.05, 3.63) is 15.8 Å². The zero-order valence-corrected chi connectivity index (χ0v) is 12.6. The number of aromatic nitrogens is 2. The second kappa shape index (κ2) is 6.24. The van der Waals surface area contributed by atoms with Gasteiger partial charge in [-0.15, -0.1) is 0 Å². The Labute approximate surface area is 119 Å². The second-order valence-electron chi connectivity index (χ2n) is 5.56. The van der Waals surface area contributed by atoms with Gasteiger partial charge in [-0.25, -0.2) is 4.68 Å². The molecule has 1 aliphatic rings. The number of hydrogen-bond donors (Lipinski definition) is 1. The molecule has 112 valence electrons. The molecule has 1 N–H and O–H groups in total. The Balaban J connectivity index is 2.29. The van der Waals surface area contributed by atoms with Crippen molar-refractivity contribution in [2.45, 2.75) is 65.5 Å². The Morgan fingerprint density at radius 2 is 2.10 bits per heavy atom. The summed E-state index contributed by atoms with van der Waals surface area (Å²) in [5, 5.41) is 19.0. The fraction of sp³-hybridized carbons (Fsp3) is 0.786. The van der Waals surface area contributed by atoms with Crippen LogP contribution in [0.1, 0.15) is 51.6 Å². The largest absolute Gasteiger partial charge is 0.362 e. The molecule has 1 aliphatic carbocycles. The van der Waals surface area contributed by atoms with E-state index in [1.807, 2.05) is 6.92 Å². The smallest absolute Gasteiger partial charge is 0.333 e. The number of anilines is 1. The van der Waals surface area contributed by atoms with Crippen LogP contribution in [-0.4, -0.2) is 20.7 Å². The van der Waals surface area contributed by atoms with E-state index >= 15 is 0 Å². The average Bonchev–Trinajstić information content (AvgIpc) is 2.75. The van der Waals surface area contributed by atoms with Crippen LogP contribution in [0, 0.1) is 23.0 Å². The third-order valence-electron chi connectivity index (χ3n) is 4.33. The SMILES string of the molecule is CCC1CCCCC1Nc1c([N+](=O)[O-])c(C)nn1CC. The van der Waals surface area contributed by atoms with E-state index in [1.54, 1.807) is 11.6 Å². The van der Waals surface area contributed by atoms with Crippen LogP contribution < -0.4 is 5.32 Å². The van der Waals surface area contributed by atoms with Crippen LogP contribution in [0.5, 0.6) is 0 Å². The molecule has 1 saturated carbocycles. The third-order valence-corrected chi connectivity index (χ3v) is 4.33. The van der Waals surface area contributed by atoms with Crippen LogP contribution in [0.4, 0.5) is 11.5 Å². The minimum Gasteiger partial charge on any atom is -0.362 e. The normalized spacial score (nSPS) is 22.8. The summed E-state index contributed by atoms with van der Waals surface area (Å²) < 4.78 is 1.72. The summed E-state index contributed by atoms with van der Waals surface area (Å²) in [5.74, 6) is 1.18. The van der Waals surface area contributed by atoms with Crippen molar-refractivity contribution in [1.29, 1.82) is 0 Å². The van der Waals surface area contributed by atoms with Gasteiger partial charge in [0.15, 0.2) is 0 Å². The van der Waals surface area contributed by atoms with Gasteiger partial charge in [0, 0.05) is 12.6 Å². The molecule has 1 heterocycles. The molecule has 1 aromatic heterocycles. The van der Waals surface area contributed by atoms with E-state index in [0.29, 0.717) is 30.0 Å². The summed E-state index contributed by atoms with van der Waals surface area (Å²) in [5.41, 5.74) is 0.621. The van der Waals surface area contributed by atoms with Gasteiger partial charge in [-0.1, -0.05) is 26.2 Å². The maximum absolute atomic E-state index is 11.3. The van der Waals surface area contributed by atoms with Crippen molar-refractivity contribution in [2.24, 2.45) is 5.92 Å². The molecular weight excluding hydrogens is 256 g/mol. The van der Waals surface area contributed by atoms with Gasteiger partial charge in [0.1, 0.15) is 5.69 Å². The molecule has 0 aromatic carbocycles. The van der Waals surface area contributed by atoms with Gasteiger partial charge in [0.25, 0.3) is 0 Å². The zero-order valence-electron chi connectivity index (χ0n) is 12.6. The maximum Gasteiger partial charge on any atom is 0.333 e. The van der Waals surface area contributed by atoms with E-state index in [-0.39, 0.29) is 10.6 Å². The first-order chi connectivity index (χ1) is 9.58. The first kappa shape index (κ1) is 14.8. The van der Waals surface area contributed by atoms with Crippen molar-refractivity contribution in [2.75, 3.05) is 5.32 Å². The molecule has 0 aliphatic heterocycles. The number of rotatable bonds is 5. The quantitative estimate of drug-likeness (QED) is 0.661. The van der Waals surface area contributed by atoms with Crippen LogP contribution >= 0.6 is 0 Å². The molecule has 2 atom stereocenters. The Kier molecular flexibility index (Phi) is 4.62. The summed E-state index contributed by atoms with van der Waals surface area (Å²) in [6.07, 6.45) is 5.88. The van der Waals surface area contributed by atoms with E-state index in [1.165, 1.54) is 19.3 Å². The maximum atomic E-state index is 11.3. The van der Waals surface area contributed by atoms with Crippen LogP contribution in [0.2, 0.25) is 0 Å². The van der Waals surface area contributed by atoms with Gasteiger partial charge in [0.2, 0.25) is 5.82 Å². The number of nitrogens with zero attached hydrogens (tertiary/aromatic N) is 3. The van der Waals surface area contributed by atoms with E-state index in [2.05, 4.69) is 17.3 Å². The highest BCUT2D eigenvalue weighted by molar-refractivity contribution is 5.60. The summed E-state index contributed by atoms with van der Waals surface area (Å²) in [6.45, 7) is 6.50. The Hall–Kier alpha value is -1.59. The predicted molar refractivity (Wildman–Crippen MR) is 79.0 cm³/mol. The Bertz CT molecular complexity index is 484. The summed E-state index contributed by atoms with van der Waals surface area (Å²) in [4.78, 5) is 11.0.